The summed E-state index contributed by atoms with van der Waals surface area (Å²) < 4.78 is 5.66. The Labute approximate surface area is 121 Å². The van der Waals surface area contributed by atoms with Gasteiger partial charge in [0.15, 0.2) is 5.96 Å². The molecule has 106 valence electrons. The van der Waals surface area contributed by atoms with Crippen molar-refractivity contribution < 1.29 is 4.74 Å². The average Bonchev–Trinajstić information content (AvgIpc) is 2.68. The maximum atomic E-state index is 5.66. The van der Waals surface area contributed by atoms with Crippen LogP contribution in [0.2, 0.25) is 0 Å². The lowest BCUT2D eigenvalue weighted by Gasteiger charge is -2.09. The second kappa shape index (κ2) is 5.87. The van der Waals surface area contributed by atoms with Gasteiger partial charge in [-0.3, -0.25) is 4.98 Å². The van der Waals surface area contributed by atoms with Crippen molar-refractivity contribution in [3.05, 3.63) is 24.0 Å². The zero-order valence-corrected chi connectivity index (χ0v) is 12.4. The van der Waals surface area contributed by atoms with Gasteiger partial charge in [-0.05, 0) is 26.8 Å². The van der Waals surface area contributed by atoms with Crippen molar-refractivity contribution in [3.63, 3.8) is 0 Å². The normalized spacial score (nSPS) is 10.6. The van der Waals surface area contributed by atoms with Crippen LogP contribution in [0, 0.1) is 6.92 Å². The summed E-state index contributed by atoms with van der Waals surface area (Å²) in [5.41, 5.74) is 12.4. The summed E-state index contributed by atoms with van der Waals surface area (Å²) in [6, 6.07) is 3.72. The number of rotatable bonds is 4. The second-order valence-electron chi connectivity index (χ2n) is 4.49. The lowest BCUT2D eigenvalue weighted by molar-refractivity contribution is 0.242. The molecule has 0 aliphatic heterocycles. The number of nitrogens with two attached hydrogens (primary N) is 2. The first-order valence-corrected chi connectivity index (χ1v) is 6.97. The fraction of sp³-hybridized carbons (Fsp3) is 0.308. The van der Waals surface area contributed by atoms with Crippen molar-refractivity contribution in [3.8, 4) is 16.3 Å². The number of hydrogen-bond donors (Lipinski definition) is 2. The van der Waals surface area contributed by atoms with Crippen molar-refractivity contribution >= 4 is 22.4 Å². The van der Waals surface area contributed by atoms with Crippen LogP contribution in [0.25, 0.3) is 10.6 Å². The molecule has 0 amide bonds. The number of nitrogens with zero attached hydrogens (tertiary/aromatic N) is 3. The van der Waals surface area contributed by atoms with Crippen molar-refractivity contribution in [1.29, 1.82) is 0 Å². The maximum Gasteiger partial charge on any atom is 0.213 e. The second-order valence-corrected chi connectivity index (χ2v) is 5.47. The molecule has 2 rings (SSSR count). The predicted octanol–water partition coefficient (Wildman–Crippen LogP) is 2.21. The number of aryl methyl sites for hydroxylation is 1. The largest absolute Gasteiger partial charge is 0.491 e. The Hall–Kier alpha value is -2.15. The number of guanidine groups is 1. The number of hydrogen-bond acceptors (Lipinski definition) is 5. The van der Waals surface area contributed by atoms with Gasteiger partial charge in [-0.1, -0.05) is 11.3 Å². The third kappa shape index (κ3) is 3.45. The first kappa shape index (κ1) is 14.3. The van der Waals surface area contributed by atoms with E-state index >= 15 is 0 Å². The van der Waals surface area contributed by atoms with Gasteiger partial charge in [0.25, 0.3) is 0 Å². The first-order chi connectivity index (χ1) is 9.45. The van der Waals surface area contributed by atoms with Crippen molar-refractivity contribution in [2.75, 3.05) is 0 Å². The summed E-state index contributed by atoms with van der Waals surface area (Å²) in [5.74, 6) is 0.774. The highest BCUT2D eigenvalue weighted by molar-refractivity contribution is 7.18. The van der Waals surface area contributed by atoms with E-state index in [1.807, 2.05) is 32.9 Å². The molecule has 4 N–H and O–H groups in total. The topological polar surface area (TPSA) is 99.4 Å². The molecule has 0 aromatic carbocycles. The van der Waals surface area contributed by atoms with E-state index in [2.05, 4.69) is 15.0 Å². The fourth-order valence-corrected chi connectivity index (χ4v) is 2.58. The molecule has 0 aliphatic rings. The van der Waals surface area contributed by atoms with E-state index in [1.165, 1.54) is 11.3 Å². The summed E-state index contributed by atoms with van der Waals surface area (Å²) >= 11 is 1.39. The highest BCUT2D eigenvalue weighted by atomic mass is 32.1. The minimum absolute atomic E-state index is 0.00449. The molecular weight excluding hydrogens is 274 g/mol. The van der Waals surface area contributed by atoms with Crippen LogP contribution in [0.3, 0.4) is 0 Å². The van der Waals surface area contributed by atoms with E-state index in [-0.39, 0.29) is 12.1 Å². The van der Waals surface area contributed by atoms with Crippen LogP contribution in [0.5, 0.6) is 5.75 Å². The van der Waals surface area contributed by atoms with Gasteiger partial charge in [-0.2, -0.15) is 4.99 Å². The van der Waals surface area contributed by atoms with Crippen molar-refractivity contribution in [2.24, 2.45) is 16.5 Å². The molecule has 0 unspecified atom stereocenters. The van der Waals surface area contributed by atoms with E-state index in [1.54, 1.807) is 6.20 Å². The zero-order chi connectivity index (χ0) is 14.7. The molecule has 2 heterocycles. The Morgan fingerprint density at radius 1 is 1.40 bits per heavy atom. The molecule has 2 aromatic rings. The SMILES string of the molecule is Cc1nc(N=C(N)N)sc1-c1cc(OC(C)C)ccn1. The van der Waals surface area contributed by atoms with E-state index in [9.17, 15) is 0 Å². The van der Waals surface area contributed by atoms with Crippen LogP contribution in [0.4, 0.5) is 5.13 Å². The Morgan fingerprint density at radius 3 is 2.80 bits per heavy atom. The van der Waals surface area contributed by atoms with E-state index in [0.717, 1.165) is 22.0 Å². The van der Waals surface area contributed by atoms with E-state index < -0.39 is 0 Å². The van der Waals surface area contributed by atoms with Gasteiger partial charge in [0, 0.05) is 12.3 Å². The predicted molar refractivity (Wildman–Crippen MR) is 81.3 cm³/mol. The molecule has 6 nitrogen and oxygen atoms in total. The van der Waals surface area contributed by atoms with Gasteiger partial charge in [-0.15, -0.1) is 0 Å². The minimum atomic E-state index is -0.00449. The third-order valence-corrected chi connectivity index (χ3v) is 3.42. The summed E-state index contributed by atoms with van der Waals surface area (Å²) in [6.07, 6.45) is 1.83. The highest BCUT2D eigenvalue weighted by Gasteiger charge is 2.12. The standard InChI is InChI=1S/C13H17N5OS/c1-7(2)19-9-4-5-16-10(6-9)11-8(3)17-13(20-11)18-12(14)15/h4-7H,1-3H3,(H4,14,15,17,18). The molecule has 0 bridgehead atoms. The molecule has 0 spiro atoms. The summed E-state index contributed by atoms with van der Waals surface area (Å²) in [6.45, 7) is 5.86. The van der Waals surface area contributed by atoms with E-state index in [4.69, 9.17) is 16.2 Å². The average molecular weight is 291 g/mol. The van der Waals surface area contributed by atoms with Crippen LogP contribution in [-0.4, -0.2) is 22.0 Å². The monoisotopic (exact) mass is 291 g/mol. The highest BCUT2D eigenvalue weighted by Crippen LogP contribution is 2.34. The van der Waals surface area contributed by atoms with Gasteiger partial charge in [0.1, 0.15) is 5.75 Å². The fourth-order valence-electron chi connectivity index (χ4n) is 1.66. The molecule has 0 saturated heterocycles. The maximum absolute atomic E-state index is 5.66. The van der Waals surface area contributed by atoms with Crippen LogP contribution in [-0.2, 0) is 0 Å². The summed E-state index contributed by atoms with van der Waals surface area (Å²) in [5, 5.41) is 0.523. The first-order valence-electron chi connectivity index (χ1n) is 6.16. The van der Waals surface area contributed by atoms with E-state index in [0.29, 0.717) is 5.13 Å². The quantitative estimate of drug-likeness (QED) is 0.664. The Bertz CT molecular complexity index is 631. The van der Waals surface area contributed by atoms with Crippen LogP contribution in [0.15, 0.2) is 23.3 Å². The molecule has 7 heteroatoms. The van der Waals surface area contributed by atoms with Crippen molar-refractivity contribution in [1.82, 2.24) is 9.97 Å². The van der Waals surface area contributed by atoms with Crippen LogP contribution < -0.4 is 16.2 Å². The van der Waals surface area contributed by atoms with Gasteiger partial charge in [-0.25, -0.2) is 4.98 Å². The smallest absolute Gasteiger partial charge is 0.213 e. The summed E-state index contributed by atoms with van der Waals surface area (Å²) in [4.78, 5) is 13.5. The zero-order valence-electron chi connectivity index (χ0n) is 11.6. The Balaban J connectivity index is 2.36. The Kier molecular flexibility index (Phi) is 4.19. The molecule has 20 heavy (non-hydrogen) atoms. The molecule has 0 saturated carbocycles. The number of aliphatic imine (C=N–C) groups is 1. The molecular formula is C13H17N5OS. The van der Waals surface area contributed by atoms with Gasteiger partial charge in [0.2, 0.25) is 5.13 Å². The van der Waals surface area contributed by atoms with Gasteiger partial charge in [0.05, 0.1) is 22.4 Å². The van der Waals surface area contributed by atoms with Gasteiger partial charge < -0.3 is 16.2 Å². The van der Waals surface area contributed by atoms with Crippen molar-refractivity contribution in [2.45, 2.75) is 26.9 Å². The number of ether oxygens (including phenoxy) is 1. The molecule has 0 atom stereocenters. The molecule has 0 fully saturated rings. The number of thiazole rings is 1. The van der Waals surface area contributed by atoms with Crippen LogP contribution >= 0.6 is 11.3 Å². The third-order valence-electron chi connectivity index (χ3n) is 2.35. The van der Waals surface area contributed by atoms with Crippen LogP contribution in [0.1, 0.15) is 19.5 Å². The molecule has 0 radical (unpaired) electrons. The Morgan fingerprint density at radius 2 is 2.15 bits per heavy atom. The van der Waals surface area contributed by atoms with Gasteiger partial charge >= 0.3 is 0 Å². The molecule has 0 aliphatic carbocycles. The minimum Gasteiger partial charge on any atom is -0.491 e. The lowest BCUT2D eigenvalue weighted by atomic mass is 10.2. The number of pyridine rings is 1. The summed E-state index contributed by atoms with van der Waals surface area (Å²) in [7, 11) is 0. The lowest BCUT2D eigenvalue weighted by Crippen LogP contribution is -2.21. The number of aromatic nitrogens is 2. The molecule has 2 aromatic heterocycles.